The van der Waals surface area contributed by atoms with E-state index in [4.69, 9.17) is 4.42 Å². The average molecular weight is 405 g/mol. The highest BCUT2D eigenvalue weighted by molar-refractivity contribution is 8.18. The van der Waals surface area contributed by atoms with Crippen molar-refractivity contribution >= 4 is 40.8 Å². The molecule has 1 saturated heterocycles. The van der Waals surface area contributed by atoms with Crippen molar-refractivity contribution in [2.45, 2.75) is 0 Å². The number of carbonyl (C=O) groups excluding carboxylic acids is 3. The van der Waals surface area contributed by atoms with E-state index in [1.165, 1.54) is 30.3 Å². The molecule has 1 aromatic carbocycles. The van der Waals surface area contributed by atoms with E-state index in [2.05, 4.69) is 5.32 Å². The second kappa shape index (κ2) is 8.05. The first-order chi connectivity index (χ1) is 13.3. The third kappa shape index (κ3) is 4.26. The molecule has 2 aromatic rings. The Hall–Kier alpha value is -3.47. The van der Waals surface area contributed by atoms with Crippen LogP contribution in [0.4, 0.5) is 15.1 Å². The molecule has 9 nitrogen and oxygen atoms in total. The molecule has 0 saturated carbocycles. The van der Waals surface area contributed by atoms with Crippen LogP contribution in [0.25, 0.3) is 6.08 Å². The molecule has 0 aliphatic carbocycles. The van der Waals surface area contributed by atoms with Crippen LogP contribution in [0.2, 0.25) is 0 Å². The van der Waals surface area contributed by atoms with Crippen LogP contribution >= 0.6 is 11.8 Å². The van der Waals surface area contributed by atoms with Gasteiger partial charge < -0.3 is 9.73 Å². The molecule has 1 aliphatic heterocycles. The van der Waals surface area contributed by atoms with Crippen molar-refractivity contribution in [2.24, 2.45) is 0 Å². The molecule has 0 spiro atoms. The number of nitrogens with zero attached hydrogens (tertiary/aromatic N) is 2. The van der Waals surface area contributed by atoms with E-state index >= 15 is 0 Å². The van der Waals surface area contributed by atoms with Gasteiger partial charge >= 0.3 is 5.88 Å². The van der Waals surface area contributed by atoms with E-state index < -0.39 is 33.7 Å². The number of imide groups is 1. The molecule has 11 heteroatoms. The van der Waals surface area contributed by atoms with Crippen molar-refractivity contribution < 1.29 is 28.1 Å². The highest BCUT2D eigenvalue weighted by atomic mass is 32.2. The molecule has 1 fully saturated rings. The molecule has 144 valence electrons. The van der Waals surface area contributed by atoms with Crippen LogP contribution in [0.3, 0.4) is 0 Å². The SMILES string of the molecule is O=C(NCCN1C(=O)S/C(=C/c2ccc(F)cc2)C1=O)c1ccc([N+](=O)[O-])o1. The number of hydrogen-bond acceptors (Lipinski definition) is 7. The van der Waals surface area contributed by atoms with E-state index in [0.717, 1.165) is 28.8 Å². The van der Waals surface area contributed by atoms with Gasteiger partial charge in [-0.2, -0.15) is 0 Å². The number of hydrogen-bond donors (Lipinski definition) is 1. The molecule has 0 unspecified atom stereocenters. The van der Waals surface area contributed by atoms with Gasteiger partial charge in [0.25, 0.3) is 17.1 Å². The number of benzene rings is 1. The lowest BCUT2D eigenvalue weighted by Crippen LogP contribution is -2.37. The largest absolute Gasteiger partial charge is 0.433 e. The van der Waals surface area contributed by atoms with Crippen molar-refractivity contribution in [1.29, 1.82) is 0 Å². The van der Waals surface area contributed by atoms with Crippen molar-refractivity contribution in [1.82, 2.24) is 10.2 Å². The fourth-order valence-electron chi connectivity index (χ4n) is 2.32. The highest BCUT2D eigenvalue weighted by Crippen LogP contribution is 2.31. The van der Waals surface area contributed by atoms with Crippen molar-refractivity contribution in [3.8, 4) is 0 Å². The molecule has 1 aromatic heterocycles. The Bertz CT molecular complexity index is 985. The molecule has 3 rings (SSSR count). The summed E-state index contributed by atoms with van der Waals surface area (Å²) in [5.41, 5.74) is 0.569. The van der Waals surface area contributed by atoms with Gasteiger partial charge in [-0.15, -0.1) is 0 Å². The van der Waals surface area contributed by atoms with E-state index in [1.54, 1.807) is 0 Å². The Morgan fingerprint density at radius 2 is 1.96 bits per heavy atom. The highest BCUT2D eigenvalue weighted by Gasteiger charge is 2.34. The van der Waals surface area contributed by atoms with E-state index in [0.29, 0.717) is 5.56 Å². The lowest BCUT2D eigenvalue weighted by atomic mass is 10.2. The minimum absolute atomic E-state index is 0.0603. The topological polar surface area (TPSA) is 123 Å². The second-order valence-corrected chi connectivity index (χ2v) is 6.53. The third-order valence-electron chi connectivity index (χ3n) is 3.66. The predicted octanol–water partition coefficient (Wildman–Crippen LogP) is 2.79. The molecule has 0 atom stereocenters. The minimum Gasteiger partial charge on any atom is -0.395 e. The molecule has 1 N–H and O–H groups in total. The zero-order chi connectivity index (χ0) is 20.3. The fourth-order valence-corrected chi connectivity index (χ4v) is 3.18. The number of nitrogens with one attached hydrogen (secondary N) is 1. The van der Waals surface area contributed by atoms with Gasteiger partial charge in [-0.05, 0) is 41.6 Å². The van der Waals surface area contributed by atoms with E-state index in [9.17, 15) is 28.9 Å². The first kappa shape index (κ1) is 19.3. The standard InChI is InChI=1S/C17H12FN3O6S/c18-11-3-1-10(2-4-11)9-13-16(23)20(17(24)28-13)8-7-19-15(22)12-5-6-14(27-12)21(25)26/h1-6,9H,7-8H2,(H,19,22)/b13-9+. The van der Waals surface area contributed by atoms with Gasteiger partial charge in [0.1, 0.15) is 10.7 Å². The first-order valence-electron chi connectivity index (χ1n) is 7.88. The Labute approximate surface area is 161 Å². The van der Waals surface area contributed by atoms with Gasteiger partial charge in [0, 0.05) is 13.1 Å². The van der Waals surface area contributed by atoms with Gasteiger partial charge in [0.15, 0.2) is 5.76 Å². The quantitative estimate of drug-likeness (QED) is 0.445. The number of halogens is 1. The van der Waals surface area contributed by atoms with Crippen LogP contribution in [-0.4, -0.2) is 40.0 Å². The summed E-state index contributed by atoms with van der Waals surface area (Å²) in [5.74, 6) is -2.47. The van der Waals surface area contributed by atoms with Crippen LogP contribution in [0.15, 0.2) is 45.7 Å². The van der Waals surface area contributed by atoms with Crippen LogP contribution in [0.5, 0.6) is 0 Å². The summed E-state index contributed by atoms with van der Waals surface area (Å²) in [6.07, 6.45) is 1.48. The van der Waals surface area contributed by atoms with Crippen LogP contribution in [0, 0.1) is 15.9 Å². The number of carbonyl (C=O) groups is 3. The Morgan fingerprint density at radius 1 is 1.25 bits per heavy atom. The fraction of sp³-hybridized carbons (Fsp3) is 0.118. The van der Waals surface area contributed by atoms with Gasteiger partial charge in [0.05, 0.1) is 11.0 Å². The van der Waals surface area contributed by atoms with Crippen molar-refractivity contribution in [2.75, 3.05) is 13.1 Å². The smallest absolute Gasteiger partial charge is 0.395 e. The maximum atomic E-state index is 12.9. The van der Waals surface area contributed by atoms with Gasteiger partial charge in [0.2, 0.25) is 0 Å². The Morgan fingerprint density at radius 3 is 2.61 bits per heavy atom. The maximum absolute atomic E-state index is 12.9. The zero-order valence-electron chi connectivity index (χ0n) is 14.1. The van der Waals surface area contributed by atoms with E-state index in [-0.39, 0.29) is 23.8 Å². The lowest BCUT2D eigenvalue weighted by Gasteiger charge is -2.12. The summed E-state index contributed by atoms with van der Waals surface area (Å²) in [4.78, 5) is 47.2. The predicted molar refractivity (Wildman–Crippen MR) is 96.8 cm³/mol. The number of nitro groups is 1. The van der Waals surface area contributed by atoms with Gasteiger partial charge in [-0.25, -0.2) is 4.39 Å². The second-order valence-electron chi connectivity index (χ2n) is 5.54. The Balaban J connectivity index is 1.57. The molecular formula is C17H12FN3O6S. The molecule has 3 amide bonds. The van der Waals surface area contributed by atoms with Crippen LogP contribution in [-0.2, 0) is 4.79 Å². The van der Waals surface area contributed by atoms with Crippen LogP contribution in [0.1, 0.15) is 16.1 Å². The average Bonchev–Trinajstić information content (AvgIpc) is 3.25. The molecular weight excluding hydrogens is 393 g/mol. The summed E-state index contributed by atoms with van der Waals surface area (Å²) in [6, 6.07) is 7.64. The summed E-state index contributed by atoms with van der Waals surface area (Å²) >= 11 is 0.741. The first-order valence-corrected chi connectivity index (χ1v) is 8.70. The van der Waals surface area contributed by atoms with Crippen molar-refractivity contribution in [3.63, 3.8) is 0 Å². The molecule has 1 aliphatic rings. The lowest BCUT2D eigenvalue weighted by molar-refractivity contribution is -0.402. The van der Waals surface area contributed by atoms with Crippen LogP contribution < -0.4 is 5.32 Å². The summed E-state index contributed by atoms with van der Waals surface area (Å²) in [6.45, 7) is -0.144. The van der Waals surface area contributed by atoms with Gasteiger partial charge in [-0.1, -0.05) is 12.1 Å². The number of amides is 3. The molecule has 28 heavy (non-hydrogen) atoms. The molecule has 0 bridgehead atoms. The van der Waals surface area contributed by atoms with Crippen molar-refractivity contribution in [3.05, 3.63) is 68.6 Å². The summed E-state index contributed by atoms with van der Waals surface area (Å²) in [7, 11) is 0. The minimum atomic E-state index is -0.773. The maximum Gasteiger partial charge on any atom is 0.433 e. The molecule has 0 radical (unpaired) electrons. The molecule has 2 heterocycles. The van der Waals surface area contributed by atoms with E-state index in [1.807, 2.05) is 0 Å². The van der Waals surface area contributed by atoms with Gasteiger partial charge in [-0.3, -0.25) is 29.4 Å². The monoisotopic (exact) mass is 405 g/mol. The Kier molecular flexibility index (Phi) is 5.54. The third-order valence-corrected chi connectivity index (χ3v) is 4.57. The zero-order valence-corrected chi connectivity index (χ0v) is 14.9. The number of thioether (sulfide) groups is 1. The summed E-state index contributed by atoms with van der Waals surface area (Å²) < 4.78 is 17.7. The normalized spacial score (nSPS) is 15.3. The number of furan rings is 1. The summed E-state index contributed by atoms with van der Waals surface area (Å²) in [5, 5.41) is 12.5. The number of rotatable bonds is 6.